The van der Waals surface area contributed by atoms with Gasteiger partial charge in [0.25, 0.3) is 0 Å². The molecule has 0 aliphatic heterocycles. The summed E-state index contributed by atoms with van der Waals surface area (Å²) in [4.78, 5) is 16.7. The zero-order valence-electron chi connectivity index (χ0n) is 13.7. The molecule has 0 N–H and O–H groups in total. The lowest BCUT2D eigenvalue weighted by Crippen LogP contribution is -2.14. The molecule has 1 atom stereocenters. The summed E-state index contributed by atoms with van der Waals surface area (Å²) in [6.45, 7) is 4.83. The van der Waals surface area contributed by atoms with E-state index in [2.05, 4.69) is 34.8 Å². The third-order valence-electron chi connectivity index (χ3n) is 3.55. The molecule has 1 rings (SSSR count). The minimum Gasteiger partial charge on any atom is -0.465 e. The summed E-state index contributed by atoms with van der Waals surface area (Å²) in [5.41, 5.74) is 0.360. The minimum absolute atomic E-state index is 0.155. The number of carbonyl (C=O) groups excluding carboxylic acids is 1. The van der Waals surface area contributed by atoms with Gasteiger partial charge in [-0.2, -0.15) is 5.26 Å². The molecule has 1 aromatic rings. The highest BCUT2D eigenvalue weighted by Gasteiger charge is 2.11. The molecule has 0 spiro atoms. The highest BCUT2D eigenvalue weighted by atomic mass is 79.9. The maximum Gasteiger partial charge on any atom is 0.306 e. The summed E-state index contributed by atoms with van der Waals surface area (Å²) in [5.74, 6) is 0.940. The molecule has 0 unspecified atom stereocenters. The number of hydrogen-bond acceptors (Lipinski definition) is 5. The molecular weight excluding hydrogens is 376 g/mol. The van der Waals surface area contributed by atoms with Crippen LogP contribution < -0.4 is 0 Å². The third kappa shape index (κ3) is 7.36. The van der Waals surface area contributed by atoms with Crippen LogP contribution >= 0.6 is 27.7 Å². The molecule has 4 nitrogen and oxygen atoms in total. The second-order valence-corrected chi connectivity index (χ2v) is 7.21. The highest BCUT2D eigenvalue weighted by molar-refractivity contribution is 9.10. The van der Waals surface area contributed by atoms with E-state index >= 15 is 0 Å². The number of ether oxygens (including phenoxy) is 1. The second-order valence-electron chi connectivity index (χ2n) is 5.28. The van der Waals surface area contributed by atoms with Crippen LogP contribution in [0.1, 0.15) is 51.6 Å². The maximum absolute atomic E-state index is 11.8. The standard InChI is InChI=1S/C17H23BrN2O2S/c1-3-5-6-13(4-2)12-22-16(21)8-10-23-15-7-9-20-14(11-19)17(15)18/h7,9,13H,3-6,8,10,12H2,1-2H3/t13-/m1/s1. The van der Waals surface area contributed by atoms with E-state index in [-0.39, 0.29) is 5.97 Å². The normalized spacial score (nSPS) is 11.7. The number of hydrogen-bond donors (Lipinski definition) is 0. The van der Waals surface area contributed by atoms with Gasteiger partial charge in [0.05, 0.1) is 17.5 Å². The largest absolute Gasteiger partial charge is 0.465 e. The molecule has 0 aromatic carbocycles. The van der Waals surface area contributed by atoms with Gasteiger partial charge < -0.3 is 4.74 Å². The summed E-state index contributed by atoms with van der Waals surface area (Å²) in [5, 5.41) is 8.94. The van der Waals surface area contributed by atoms with Crippen LogP contribution in [-0.4, -0.2) is 23.3 Å². The van der Waals surface area contributed by atoms with Crippen LogP contribution in [0, 0.1) is 17.2 Å². The molecular formula is C17H23BrN2O2S. The lowest BCUT2D eigenvalue weighted by atomic mass is 10.0. The Bertz CT molecular complexity index is 546. The lowest BCUT2D eigenvalue weighted by molar-refractivity contribution is -0.144. The number of thioether (sulfide) groups is 1. The van der Waals surface area contributed by atoms with Crippen LogP contribution in [0.3, 0.4) is 0 Å². The van der Waals surface area contributed by atoms with Crippen molar-refractivity contribution >= 4 is 33.7 Å². The van der Waals surface area contributed by atoms with E-state index in [1.54, 1.807) is 6.20 Å². The smallest absolute Gasteiger partial charge is 0.306 e. The summed E-state index contributed by atoms with van der Waals surface area (Å²) in [6.07, 6.45) is 6.49. The number of halogens is 1. The molecule has 0 fully saturated rings. The Hall–Kier alpha value is -1.06. The van der Waals surface area contributed by atoms with Crippen LogP contribution in [0.5, 0.6) is 0 Å². The highest BCUT2D eigenvalue weighted by Crippen LogP contribution is 2.29. The van der Waals surface area contributed by atoms with Crippen LogP contribution in [0.2, 0.25) is 0 Å². The van der Waals surface area contributed by atoms with Gasteiger partial charge in [0.1, 0.15) is 6.07 Å². The Balaban J connectivity index is 2.33. The zero-order chi connectivity index (χ0) is 17.1. The molecule has 0 saturated carbocycles. The first-order valence-electron chi connectivity index (χ1n) is 7.95. The van der Waals surface area contributed by atoms with Crippen LogP contribution in [0.4, 0.5) is 0 Å². The van der Waals surface area contributed by atoms with Crippen LogP contribution in [0.15, 0.2) is 21.6 Å². The number of unbranched alkanes of at least 4 members (excludes halogenated alkanes) is 1. The van der Waals surface area contributed by atoms with Crippen LogP contribution in [0.25, 0.3) is 0 Å². The van der Waals surface area contributed by atoms with Gasteiger partial charge in [-0.05, 0) is 34.3 Å². The Labute approximate surface area is 151 Å². The SMILES string of the molecule is CCCC[C@@H](CC)COC(=O)CCSc1ccnc(C#N)c1Br. The Kier molecular flexibility index (Phi) is 9.97. The molecule has 0 aliphatic rings. The lowest BCUT2D eigenvalue weighted by Gasteiger charge is -2.14. The van der Waals surface area contributed by atoms with Gasteiger partial charge in [-0.3, -0.25) is 4.79 Å². The van der Waals surface area contributed by atoms with Crippen LogP contribution in [-0.2, 0) is 9.53 Å². The van der Waals surface area contributed by atoms with Crippen molar-refractivity contribution in [3.05, 3.63) is 22.4 Å². The van der Waals surface area contributed by atoms with E-state index in [9.17, 15) is 4.79 Å². The van der Waals surface area contributed by atoms with Crippen molar-refractivity contribution in [1.82, 2.24) is 4.98 Å². The Morgan fingerprint density at radius 2 is 2.30 bits per heavy atom. The molecule has 0 bridgehead atoms. The van der Waals surface area contributed by atoms with E-state index in [1.165, 1.54) is 24.6 Å². The van der Waals surface area contributed by atoms with Crippen molar-refractivity contribution in [2.24, 2.45) is 5.92 Å². The van der Waals surface area contributed by atoms with E-state index in [4.69, 9.17) is 10.00 Å². The van der Waals surface area contributed by atoms with Gasteiger partial charge in [-0.25, -0.2) is 4.98 Å². The number of nitrogens with zero attached hydrogens (tertiary/aromatic N) is 2. The fourth-order valence-corrected chi connectivity index (χ4v) is 3.58. The first-order chi connectivity index (χ1) is 11.1. The van der Waals surface area contributed by atoms with Crippen molar-refractivity contribution in [3.63, 3.8) is 0 Å². The Morgan fingerprint density at radius 3 is 2.96 bits per heavy atom. The average molecular weight is 399 g/mol. The topological polar surface area (TPSA) is 63.0 Å². The summed E-state index contributed by atoms with van der Waals surface area (Å²) in [6, 6.07) is 3.86. The number of aromatic nitrogens is 1. The number of pyridine rings is 1. The average Bonchev–Trinajstić information content (AvgIpc) is 2.56. The molecule has 0 amide bonds. The number of esters is 1. The Morgan fingerprint density at radius 1 is 1.52 bits per heavy atom. The summed E-state index contributed by atoms with van der Waals surface area (Å²) in [7, 11) is 0. The molecule has 1 aromatic heterocycles. The predicted octanol–water partition coefficient (Wildman–Crippen LogP) is 4.96. The summed E-state index contributed by atoms with van der Waals surface area (Å²) >= 11 is 4.89. The molecule has 6 heteroatoms. The van der Waals surface area contributed by atoms with Gasteiger partial charge in [-0.1, -0.05) is 33.1 Å². The van der Waals surface area contributed by atoms with Crippen molar-refractivity contribution in [2.45, 2.75) is 50.8 Å². The van der Waals surface area contributed by atoms with Crippen molar-refractivity contribution in [1.29, 1.82) is 5.26 Å². The van der Waals surface area contributed by atoms with E-state index < -0.39 is 0 Å². The maximum atomic E-state index is 11.8. The fourth-order valence-electron chi connectivity index (χ4n) is 2.04. The molecule has 23 heavy (non-hydrogen) atoms. The zero-order valence-corrected chi connectivity index (χ0v) is 16.1. The summed E-state index contributed by atoms with van der Waals surface area (Å²) < 4.78 is 6.06. The molecule has 126 valence electrons. The number of carbonyl (C=O) groups is 1. The molecule has 1 heterocycles. The van der Waals surface area contributed by atoms with Gasteiger partial charge in [-0.15, -0.1) is 11.8 Å². The predicted molar refractivity (Wildman–Crippen MR) is 96.3 cm³/mol. The monoisotopic (exact) mass is 398 g/mol. The first-order valence-corrected chi connectivity index (χ1v) is 9.73. The quantitative estimate of drug-likeness (QED) is 0.411. The van der Waals surface area contributed by atoms with Crippen molar-refractivity contribution in [3.8, 4) is 6.07 Å². The number of nitriles is 1. The van der Waals surface area contributed by atoms with Gasteiger partial charge in [0.15, 0.2) is 5.69 Å². The van der Waals surface area contributed by atoms with E-state index in [0.29, 0.717) is 34.9 Å². The van der Waals surface area contributed by atoms with E-state index in [0.717, 1.165) is 17.7 Å². The second kappa shape index (κ2) is 11.5. The molecule has 0 aliphatic carbocycles. The van der Waals surface area contributed by atoms with Gasteiger partial charge >= 0.3 is 5.97 Å². The van der Waals surface area contributed by atoms with Gasteiger partial charge in [0.2, 0.25) is 0 Å². The van der Waals surface area contributed by atoms with Crippen molar-refractivity contribution in [2.75, 3.05) is 12.4 Å². The van der Waals surface area contributed by atoms with E-state index in [1.807, 2.05) is 12.1 Å². The number of rotatable bonds is 10. The van der Waals surface area contributed by atoms with Crippen molar-refractivity contribution < 1.29 is 9.53 Å². The van der Waals surface area contributed by atoms with Gasteiger partial charge in [0, 0.05) is 16.8 Å². The first kappa shape index (κ1) is 20.0. The minimum atomic E-state index is -0.155. The third-order valence-corrected chi connectivity index (χ3v) is 5.67. The molecule has 0 radical (unpaired) electrons. The molecule has 0 saturated heterocycles. The fraction of sp³-hybridized carbons (Fsp3) is 0.588.